The molecular formula is C12H14O3. The summed E-state index contributed by atoms with van der Waals surface area (Å²) in [4.78, 5) is 0. The highest BCUT2D eigenvalue weighted by molar-refractivity contribution is 5.43. The van der Waals surface area contributed by atoms with Crippen molar-refractivity contribution in [3.05, 3.63) is 36.6 Å². The first kappa shape index (κ1) is 10.1. The fourth-order valence-corrected chi connectivity index (χ4v) is 1.55. The summed E-state index contributed by atoms with van der Waals surface area (Å²) < 4.78 is 11.3. The molecule has 0 bridgehead atoms. The van der Waals surface area contributed by atoms with Gasteiger partial charge in [-0.25, -0.2) is 0 Å². The van der Waals surface area contributed by atoms with Crippen LogP contribution in [0.4, 0.5) is 0 Å². The molecule has 0 fully saturated rings. The van der Waals surface area contributed by atoms with Crippen molar-refractivity contribution in [1.82, 2.24) is 0 Å². The van der Waals surface area contributed by atoms with E-state index in [4.69, 9.17) is 14.6 Å². The molecule has 0 amide bonds. The Morgan fingerprint density at radius 3 is 2.73 bits per heavy atom. The van der Waals surface area contributed by atoms with Gasteiger partial charge in [0, 0.05) is 6.61 Å². The van der Waals surface area contributed by atoms with E-state index in [1.165, 1.54) is 0 Å². The first-order valence-corrected chi connectivity index (χ1v) is 5.04. The lowest BCUT2D eigenvalue weighted by molar-refractivity contribution is 0.131. The van der Waals surface area contributed by atoms with Gasteiger partial charge in [-0.2, -0.15) is 0 Å². The molecule has 15 heavy (non-hydrogen) atoms. The molecule has 0 aliphatic carbocycles. The first-order valence-electron chi connectivity index (χ1n) is 5.04. The van der Waals surface area contributed by atoms with Gasteiger partial charge in [-0.05, 0) is 25.0 Å². The Kier molecular flexibility index (Phi) is 2.92. The smallest absolute Gasteiger partial charge is 0.169 e. The maximum absolute atomic E-state index is 8.75. The highest BCUT2D eigenvalue weighted by Crippen LogP contribution is 2.35. The Morgan fingerprint density at radius 2 is 2.00 bits per heavy atom. The van der Waals surface area contributed by atoms with Crippen LogP contribution in [0.5, 0.6) is 11.5 Å². The molecule has 0 saturated carbocycles. The zero-order valence-electron chi connectivity index (χ0n) is 8.48. The number of hydrogen-bond donors (Lipinski definition) is 1. The summed E-state index contributed by atoms with van der Waals surface area (Å²) in [5, 5.41) is 8.75. The van der Waals surface area contributed by atoms with Crippen molar-refractivity contribution >= 4 is 0 Å². The molecule has 0 aromatic heterocycles. The Hall–Kier alpha value is -1.48. The number of fused-ring (bicyclic) bond motifs is 1. The van der Waals surface area contributed by atoms with Crippen molar-refractivity contribution in [1.29, 1.82) is 0 Å². The molecule has 2 rings (SSSR count). The van der Waals surface area contributed by atoms with Crippen molar-refractivity contribution in [2.75, 3.05) is 6.61 Å². The van der Waals surface area contributed by atoms with Crippen LogP contribution in [0, 0.1) is 0 Å². The molecule has 1 N–H and O–H groups in total. The third-order valence-corrected chi connectivity index (χ3v) is 2.34. The number of aliphatic hydroxyl groups excluding tert-OH is 1. The quantitative estimate of drug-likeness (QED) is 0.823. The molecule has 1 aromatic carbocycles. The second-order valence-corrected chi connectivity index (χ2v) is 3.49. The molecule has 1 heterocycles. The highest BCUT2D eigenvalue weighted by Gasteiger charge is 2.23. The summed E-state index contributed by atoms with van der Waals surface area (Å²) in [6.45, 7) is 3.98. The van der Waals surface area contributed by atoms with E-state index >= 15 is 0 Å². The van der Waals surface area contributed by atoms with Crippen LogP contribution < -0.4 is 9.47 Å². The summed E-state index contributed by atoms with van der Waals surface area (Å²) in [6.07, 6.45) is 1.27. The summed E-state index contributed by atoms with van der Waals surface area (Å²) in [5.74, 6) is 2.07. The predicted molar refractivity (Wildman–Crippen MR) is 56.9 cm³/mol. The molecule has 1 unspecified atom stereocenters. The Labute approximate surface area is 88.9 Å². The molecule has 80 valence electrons. The summed E-state index contributed by atoms with van der Waals surface area (Å²) in [5.41, 5.74) is 0. The predicted octanol–water partition coefficient (Wildman–Crippen LogP) is 2.11. The SMILES string of the molecule is C=C1Oc2ccccc2OC1CCCO. The van der Waals surface area contributed by atoms with Crippen LogP contribution in [-0.4, -0.2) is 17.8 Å². The molecule has 1 aliphatic rings. The van der Waals surface area contributed by atoms with Gasteiger partial charge < -0.3 is 14.6 Å². The number of ether oxygens (including phenoxy) is 2. The summed E-state index contributed by atoms with van der Waals surface area (Å²) >= 11 is 0. The van der Waals surface area contributed by atoms with Crippen LogP contribution in [0.1, 0.15) is 12.8 Å². The third kappa shape index (κ3) is 2.13. The molecule has 3 heteroatoms. The van der Waals surface area contributed by atoms with Crippen LogP contribution in [0.15, 0.2) is 36.6 Å². The second-order valence-electron chi connectivity index (χ2n) is 3.49. The van der Waals surface area contributed by atoms with Crippen molar-refractivity contribution < 1.29 is 14.6 Å². The lowest BCUT2D eigenvalue weighted by atomic mass is 10.1. The van der Waals surface area contributed by atoms with Gasteiger partial charge >= 0.3 is 0 Å². The third-order valence-electron chi connectivity index (χ3n) is 2.34. The van der Waals surface area contributed by atoms with Crippen LogP contribution in [-0.2, 0) is 0 Å². The Balaban J connectivity index is 2.11. The molecule has 3 nitrogen and oxygen atoms in total. The fourth-order valence-electron chi connectivity index (χ4n) is 1.55. The average molecular weight is 206 g/mol. The van der Waals surface area contributed by atoms with E-state index in [0.717, 1.165) is 12.2 Å². The number of benzene rings is 1. The minimum absolute atomic E-state index is 0.146. The van der Waals surface area contributed by atoms with Crippen molar-refractivity contribution in [3.63, 3.8) is 0 Å². The maximum atomic E-state index is 8.75. The van der Waals surface area contributed by atoms with Gasteiger partial charge in [-0.15, -0.1) is 0 Å². The Morgan fingerprint density at radius 1 is 1.27 bits per heavy atom. The van der Waals surface area contributed by atoms with Gasteiger partial charge in [0.25, 0.3) is 0 Å². The van der Waals surface area contributed by atoms with E-state index < -0.39 is 0 Å². The van der Waals surface area contributed by atoms with Gasteiger partial charge in [0.05, 0.1) is 0 Å². The zero-order chi connectivity index (χ0) is 10.7. The minimum atomic E-state index is -0.146. The topological polar surface area (TPSA) is 38.7 Å². The molecule has 1 atom stereocenters. The standard InChI is InChI=1S/C12H14O3/c1-9-10(7-4-8-13)15-12-6-3-2-5-11(12)14-9/h2-3,5-6,10,13H,1,4,7-8H2. The molecule has 0 radical (unpaired) electrons. The number of rotatable bonds is 3. The number of aliphatic hydroxyl groups is 1. The van der Waals surface area contributed by atoms with E-state index in [-0.39, 0.29) is 12.7 Å². The van der Waals surface area contributed by atoms with Gasteiger partial charge in [0.2, 0.25) is 0 Å². The highest BCUT2D eigenvalue weighted by atomic mass is 16.6. The van der Waals surface area contributed by atoms with E-state index in [9.17, 15) is 0 Å². The molecule has 0 saturated heterocycles. The fraction of sp³-hybridized carbons (Fsp3) is 0.333. The van der Waals surface area contributed by atoms with E-state index in [0.29, 0.717) is 17.9 Å². The number of para-hydroxylation sites is 2. The first-order chi connectivity index (χ1) is 7.31. The maximum Gasteiger partial charge on any atom is 0.169 e. The minimum Gasteiger partial charge on any atom is -0.479 e. The molecule has 1 aromatic rings. The van der Waals surface area contributed by atoms with Crippen molar-refractivity contribution in [2.24, 2.45) is 0 Å². The van der Waals surface area contributed by atoms with E-state index in [1.54, 1.807) is 0 Å². The van der Waals surface area contributed by atoms with Crippen LogP contribution in [0.3, 0.4) is 0 Å². The molecule has 0 spiro atoms. The van der Waals surface area contributed by atoms with Gasteiger partial charge in [0.1, 0.15) is 5.76 Å². The van der Waals surface area contributed by atoms with Gasteiger partial charge in [-0.1, -0.05) is 18.7 Å². The van der Waals surface area contributed by atoms with Crippen molar-refractivity contribution in [2.45, 2.75) is 18.9 Å². The number of hydrogen-bond acceptors (Lipinski definition) is 3. The largest absolute Gasteiger partial charge is 0.479 e. The summed E-state index contributed by atoms with van der Waals surface area (Å²) in [6, 6.07) is 7.51. The monoisotopic (exact) mass is 206 g/mol. The van der Waals surface area contributed by atoms with Crippen LogP contribution in [0.25, 0.3) is 0 Å². The molecule has 1 aliphatic heterocycles. The second kappa shape index (κ2) is 4.36. The Bertz CT molecular complexity index is 360. The van der Waals surface area contributed by atoms with Gasteiger partial charge in [0.15, 0.2) is 17.6 Å². The zero-order valence-corrected chi connectivity index (χ0v) is 8.48. The van der Waals surface area contributed by atoms with E-state index in [1.807, 2.05) is 24.3 Å². The van der Waals surface area contributed by atoms with Gasteiger partial charge in [-0.3, -0.25) is 0 Å². The van der Waals surface area contributed by atoms with Crippen molar-refractivity contribution in [3.8, 4) is 11.5 Å². The lowest BCUT2D eigenvalue weighted by Gasteiger charge is -2.27. The average Bonchev–Trinajstić information content (AvgIpc) is 2.26. The normalized spacial score (nSPS) is 19.0. The summed E-state index contributed by atoms with van der Waals surface area (Å²) in [7, 11) is 0. The lowest BCUT2D eigenvalue weighted by Crippen LogP contribution is -2.26. The van der Waals surface area contributed by atoms with E-state index in [2.05, 4.69) is 6.58 Å². The van der Waals surface area contributed by atoms with Crippen LogP contribution in [0.2, 0.25) is 0 Å². The molecular weight excluding hydrogens is 192 g/mol. The van der Waals surface area contributed by atoms with Crippen LogP contribution >= 0.6 is 0 Å².